The Kier molecular flexibility index (Phi) is 4.49. The van der Waals surface area contributed by atoms with Crippen LogP contribution in [0.2, 0.25) is 0 Å². The summed E-state index contributed by atoms with van der Waals surface area (Å²) in [5, 5.41) is 13.8. The van der Waals surface area contributed by atoms with Gasteiger partial charge in [0.1, 0.15) is 11.3 Å². The number of H-pyrrole nitrogens is 1. The zero-order valence-corrected chi connectivity index (χ0v) is 21.8. The standard InChI is InChI=1S/C33H17N9/c34-17-42-32-24-15-7-8-16-25(24)33(42)41-31-23-14-6-4-12-21(23)29(39-31)37-27-19-10-2-1-9-18(19)26(35-27)36-28-20-11-3-5-13-22(20)30(38-28)40-32/h1-16H,(H,35,36,37,38,39,40,41). The van der Waals surface area contributed by atoms with E-state index in [4.69, 9.17) is 29.9 Å². The van der Waals surface area contributed by atoms with Gasteiger partial charge >= 0.3 is 0 Å². The van der Waals surface area contributed by atoms with E-state index in [1.807, 2.05) is 97.1 Å². The van der Waals surface area contributed by atoms with Gasteiger partial charge in [-0.05, 0) is 0 Å². The van der Waals surface area contributed by atoms with Crippen molar-refractivity contribution in [2.75, 3.05) is 0 Å². The van der Waals surface area contributed by atoms with Crippen LogP contribution in [0.15, 0.2) is 97.1 Å². The van der Waals surface area contributed by atoms with Gasteiger partial charge < -0.3 is 4.98 Å². The van der Waals surface area contributed by atoms with Crippen molar-refractivity contribution in [3.8, 4) is 51.7 Å². The van der Waals surface area contributed by atoms with Gasteiger partial charge in [0.25, 0.3) is 0 Å². The lowest BCUT2D eigenvalue weighted by Crippen LogP contribution is -1.93. The third-order valence-electron chi connectivity index (χ3n) is 7.71. The lowest BCUT2D eigenvalue weighted by Gasteiger charge is -1.97. The molecule has 42 heavy (non-hydrogen) atoms. The molecule has 0 spiro atoms. The molecule has 0 fully saturated rings. The minimum atomic E-state index is 0.446. The molecule has 0 saturated carbocycles. The molecule has 9 nitrogen and oxygen atoms in total. The molecule has 194 valence electrons. The van der Waals surface area contributed by atoms with E-state index in [1.165, 1.54) is 4.57 Å². The number of benzene rings is 4. The van der Waals surface area contributed by atoms with Crippen LogP contribution in [0.1, 0.15) is 0 Å². The maximum Gasteiger partial charge on any atom is 0.192 e. The summed E-state index contributed by atoms with van der Waals surface area (Å²) in [4.78, 5) is 33.1. The molecule has 0 unspecified atom stereocenters. The van der Waals surface area contributed by atoms with Gasteiger partial charge in [-0.1, -0.05) is 97.1 Å². The number of hydrogen-bond acceptors (Lipinski definition) is 7. The maximum absolute atomic E-state index is 10.4. The quantitative estimate of drug-likeness (QED) is 0.228. The fraction of sp³-hybridized carbons (Fsp3) is 0. The largest absolute Gasteiger partial charge is 0.324 e. The first-order valence-corrected chi connectivity index (χ1v) is 13.4. The molecular formula is C33H17N9. The number of nitriles is 1. The summed E-state index contributed by atoms with van der Waals surface area (Å²) in [6, 6.07) is 31.4. The SMILES string of the molecule is N#Cn1c2nc3nc(nc4[nH]c(nc5nc(nc1c1ccccc12)-c1ccccc1-5)c1ccccc41)-c1ccccc1-3. The molecule has 9 rings (SSSR count). The number of fused-ring (bicyclic) bond motifs is 20. The molecule has 7 aromatic rings. The number of hydrogen-bond donors (Lipinski definition) is 1. The van der Waals surface area contributed by atoms with E-state index in [9.17, 15) is 5.26 Å². The van der Waals surface area contributed by atoms with Crippen LogP contribution in [0.25, 0.3) is 89.7 Å². The summed E-state index contributed by atoms with van der Waals surface area (Å²) < 4.78 is 1.45. The first-order valence-electron chi connectivity index (χ1n) is 13.4. The first-order chi connectivity index (χ1) is 20.8. The van der Waals surface area contributed by atoms with Crippen molar-refractivity contribution < 1.29 is 0 Å². The average Bonchev–Trinajstić information content (AvgIpc) is 3.75. The minimum Gasteiger partial charge on any atom is -0.324 e. The predicted molar refractivity (Wildman–Crippen MR) is 161 cm³/mol. The highest BCUT2D eigenvalue weighted by atomic mass is 15.1. The van der Waals surface area contributed by atoms with Crippen LogP contribution in [0.4, 0.5) is 0 Å². The molecular weight excluding hydrogens is 522 g/mol. The lowest BCUT2D eigenvalue weighted by atomic mass is 10.1. The van der Waals surface area contributed by atoms with E-state index in [1.54, 1.807) is 0 Å². The summed E-state index contributed by atoms with van der Waals surface area (Å²) in [6.07, 6.45) is 2.30. The normalized spacial score (nSPS) is 11.8. The maximum atomic E-state index is 10.4. The highest BCUT2D eigenvalue weighted by Crippen LogP contribution is 2.37. The van der Waals surface area contributed by atoms with Crippen LogP contribution in [0, 0.1) is 11.5 Å². The highest BCUT2D eigenvalue weighted by Gasteiger charge is 2.22. The zero-order chi connectivity index (χ0) is 27.8. The fourth-order valence-electron chi connectivity index (χ4n) is 5.79. The van der Waals surface area contributed by atoms with Crippen molar-refractivity contribution >= 4 is 44.1 Å². The number of aromatic nitrogens is 8. The van der Waals surface area contributed by atoms with Crippen molar-refractivity contribution in [1.82, 2.24) is 39.5 Å². The fourth-order valence-corrected chi connectivity index (χ4v) is 5.79. The van der Waals surface area contributed by atoms with Crippen LogP contribution < -0.4 is 0 Å². The summed E-state index contributed by atoms with van der Waals surface area (Å²) in [5.41, 5.74) is 5.56. The van der Waals surface area contributed by atoms with Crippen LogP contribution in [-0.2, 0) is 0 Å². The Labute approximate surface area is 237 Å². The monoisotopic (exact) mass is 539 g/mol. The molecule has 4 aromatic carbocycles. The van der Waals surface area contributed by atoms with Crippen LogP contribution in [0.5, 0.6) is 0 Å². The summed E-state index contributed by atoms with van der Waals surface area (Å²) >= 11 is 0. The van der Waals surface area contributed by atoms with E-state index < -0.39 is 0 Å². The van der Waals surface area contributed by atoms with Gasteiger partial charge in [-0.2, -0.15) is 5.26 Å². The topological polar surface area (TPSA) is 122 Å². The zero-order valence-electron chi connectivity index (χ0n) is 21.8. The van der Waals surface area contributed by atoms with Crippen LogP contribution in [-0.4, -0.2) is 39.5 Å². The van der Waals surface area contributed by atoms with Crippen molar-refractivity contribution in [3.05, 3.63) is 97.1 Å². The Balaban J connectivity index is 1.55. The van der Waals surface area contributed by atoms with E-state index >= 15 is 0 Å². The second kappa shape index (κ2) is 8.36. The Bertz CT molecular complexity index is 2340. The number of rotatable bonds is 0. The van der Waals surface area contributed by atoms with Crippen molar-refractivity contribution in [1.29, 1.82) is 5.26 Å². The Morgan fingerprint density at radius 2 is 0.810 bits per heavy atom. The first kappa shape index (κ1) is 22.5. The second-order valence-electron chi connectivity index (χ2n) is 10.1. The van der Waals surface area contributed by atoms with Gasteiger partial charge in [-0.15, -0.1) is 0 Å². The van der Waals surface area contributed by atoms with E-state index in [0.717, 1.165) is 43.8 Å². The highest BCUT2D eigenvalue weighted by molar-refractivity contribution is 6.07. The molecule has 9 heteroatoms. The van der Waals surface area contributed by atoms with E-state index in [-0.39, 0.29) is 0 Å². The van der Waals surface area contributed by atoms with Crippen LogP contribution >= 0.6 is 0 Å². The smallest absolute Gasteiger partial charge is 0.192 e. The summed E-state index contributed by atoms with van der Waals surface area (Å²) in [7, 11) is 0. The Hall–Kier alpha value is -6.27. The Morgan fingerprint density at radius 3 is 1.21 bits per heavy atom. The molecule has 3 aromatic heterocycles. The van der Waals surface area contributed by atoms with Gasteiger partial charge in [0.05, 0.1) is 0 Å². The molecule has 0 amide bonds. The number of aromatic amines is 1. The third-order valence-corrected chi connectivity index (χ3v) is 7.71. The summed E-state index contributed by atoms with van der Waals surface area (Å²) in [6.45, 7) is 0. The molecule has 5 heterocycles. The van der Waals surface area contributed by atoms with E-state index in [0.29, 0.717) is 45.9 Å². The minimum absolute atomic E-state index is 0.446. The third kappa shape index (κ3) is 3.11. The predicted octanol–water partition coefficient (Wildman–Crippen LogP) is 6.67. The Morgan fingerprint density at radius 1 is 0.452 bits per heavy atom. The van der Waals surface area contributed by atoms with Crippen LogP contribution in [0.3, 0.4) is 0 Å². The second-order valence-corrected chi connectivity index (χ2v) is 10.1. The van der Waals surface area contributed by atoms with Gasteiger partial charge in [-0.3, -0.25) is 0 Å². The molecule has 2 aliphatic heterocycles. The van der Waals surface area contributed by atoms with Crippen molar-refractivity contribution in [2.45, 2.75) is 0 Å². The molecule has 8 bridgehead atoms. The van der Waals surface area contributed by atoms with Gasteiger partial charge in [0, 0.05) is 43.8 Å². The molecule has 0 saturated heterocycles. The van der Waals surface area contributed by atoms with Gasteiger partial charge in [-0.25, -0.2) is 34.5 Å². The van der Waals surface area contributed by atoms with Gasteiger partial charge in [0.2, 0.25) is 0 Å². The van der Waals surface area contributed by atoms with E-state index in [2.05, 4.69) is 11.2 Å². The molecule has 0 atom stereocenters. The van der Waals surface area contributed by atoms with Gasteiger partial charge in [0.15, 0.2) is 40.8 Å². The number of nitrogens with zero attached hydrogens (tertiary/aromatic N) is 8. The molecule has 0 aliphatic carbocycles. The molecule has 2 aliphatic rings. The lowest BCUT2D eigenvalue weighted by molar-refractivity contribution is 1.11. The summed E-state index contributed by atoms with van der Waals surface area (Å²) in [5.74, 6) is 2.00. The molecule has 0 radical (unpaired) electrons. The molecule has 1 N–H and O–H groups in total. The number of nitrogens with one attached hydrogen (secondary N) is 1. The van der Waals surface area contributed by atoms with Crippen molar-refractivity contribution in [2.24, 2.45) is 0 Å². The van der Waals surface area contributed by atoms with Crippen molar-refractivity contribution in [3.63, 3.8) is 0 Å². The average molecular weight is 540 g/mol.